The van der Waals surface area contributed by atoms with Gasteiger partial charge in [0.15, 0.2) is 0 Å². The highest BCUT2D eigenvalue weighted by Gasteiger charge is 2.05. The molecule has 2 aromatic carbocycles. The second-order valence-electron chi connectivity index (χ2n) is 4.39. The van der Waals surface area contributed by atoms with Crippen LogP contribution in [0.5, 0.6) is 0 Å². The Bertz CT molecular complexity index is 461. The summed E-state index contributed by atoms with van der Waals surface area (Å²) < 4.78 is 0. The maximum atomic E-state index is 5.58. The van der Waals surface area contributed by atoms with Crippen LogP contribution < -0.4 is 0 Å². The van der Waals surface area contributed by atoms with Crippen molar-refractivity contribution >= 4 is 23.2 Å². The molecule has 122 valence electrons. The van der Waals surface area contributed by atoms with Gasteiger partial charge < -0.3 is 0 Å². The van der Waals surface area contributed by atoms with E-state index in [4.69, 9.17) is 23.2 Å². The second-order valence-corrected chi connectivity index (χ2v) is 5.20. The van der Waals surface area contributed by atoms with Gasteiger partial charge in [0, 0.05) is 0 Å². The molecule has 0 aliphatic heterocycles. The van der Waals surface area contributed by atoms with E-state index in [9.17, 15) is 0 Å². The number of rotatable bonds is 0. The van der Waals surface area contributed by atoms with Crippen LogP contribution in [0, 0.1) is 0 Å². The lowest BCUT2D eigenvalue weighted by atomic mass is 9.92. The maximum Gasteiger partial charge on any atom is 0.0592 e. The largest absolute Gasteiger partial charge is 0.0827 e. The number of benzene rings is 2. The van der Waals surface area contributed by atoms with E-state index in [1.165, 1.54) is 25.7 Å². The molecular formula is C20H28Cl2. The molecule has 0 heterocycles. The molecule has 2 aromatic rings. The van der Waals surface area contributed by atoms with Crippen LogP contribution in [0.15, 0.2) is 48.5 Å². The van der Waals surface area contributed by atoms with E-state index < -0.39 is 0 Å². The minimum Gasteiger partial charge on any atom is -0.0827 e. The molecule has 22 heavy (non-hydrogen) atoms. The fourth-order valence-electron chi connectivity index (χ4n) is 2.12. The Labute approximate surface area is 146 Å². The maximum absolute atomic E-state index is 5.58. The van der Waals surface area contributed by atoms with E-state index in [2.05, 4.69) is 24.3 Å². The SMILES string of the molecule is CC.CC.Clc1ccccc1Cl.c1ccc2c(c1)CCCC2. The van der Waals surface area contributed by atoms with E-state index >= 15 is 0 Å². The van der Waals surface area contributed by atoms with Crippen molar-refractivity contribution in [1.29, 1.82) is 0 Å². The molecule has 0 aromatic heterocycles. The van der Waals surface area contributed by atoms with E-state index in [1.807, 2.05) is 39.8 Å². The van der Waals surface area contributed by atoms with Crippen molar-refractivity contribution in [1.82, 2.24) is 0 Å². The monoisotopic (exact) mass is 338 g/mol. The molecule has 0 bridgehead atoms. The van der Waals surface area contributed by atoms with E-state index in [-0.39, 0.29) is 0 Å². The third-order valence-corrected chi connectivity index (χ3v) is 3.84. The Balaban J connectivity index is 0.000000333. The summed E-state index contributed by atoms with van der Waals surface area (Å²) in [6.45, 7) is 8.00. The minimum absolute atomic E-state index is 0.606. The second kappa shape index (κ2) is 13.7. The molecule has 0 atom stereocenters. The van der Waals surface area contributed by atoms with Gasteiger partial charge in [0.2, 0.25) is 0 Å². The summed E-state index contributed by atoms with van der Waals surface area (Å²) in [6, 6.07) is 16.0. The molecular weight excluding hydrogens is 311 g/mol. The first kappa shape index (κ1) is 21.0. The summed E-state index contributed by atoms with van der Waals surface area (Å²) in [7, 11) is 0. The zero-order valence-corrected chi connectivity index (χ0v) is 15.7. The normalized spacial score (nSPS) is 11.4. The zero-order chi connectivity index (χ0) is 16.8. The average Bonchev–Trinajstić information content (AvgIpc) is 2.62. The summed E-state index contributed by atoms with van der Waals surface area (Å²) in [5, 5.41) is 1.21. The summed E-state index contributed by atoms with van der Waals surface area (Å²) in [4.78, 5) is 0. The molecule has 3 rings (SSSR count). The fourth-order valence-corrected chi connectivity index (χ4v) is 2.39. The summed E-state index contributed by atoms with van der Waals surface area (Å²) >= 11 is 11.2. The Morgan fingerprint density at radius 1 is 0.591 bits per heavy atom. The van der Waals surface area contributed by atoms with Crippen LogP contribution in [0.25, 0.3) is 0 Å². The number of hydrogen-bond acceptors (Lipinski definition) is 0. The summed E-state index contributed by atoms with van der Waals surface area (Å²) in [5.74, 6) is 0. The molecule has 2 heteroatoms. The molecule has 1 aliphatic carbocycles. The van der Waals surface area contributed by atoms with Crippen LogP contribution in [0.2, 0.25) is 10.0 Å². The van der Waals surface area contributed by atoms with Crippen LogP contribution in [0.3, 0.4) is 0 Å². The van der Waals surface area contributed by atoms with Crippen LogP contribution in [-0.4, -0.2) is 0 Å². The Hall–Kier alpha value is -0.980. The van der Waals surface area contributed by atoms with Crippen molar-refractivity contribution in [2.45, 2.75) is 53.4 Å². The van der Waals surface area contributed by atoms with Crippen LogP contribution in [0.1, 0.15) is 51.7 Å². The lowest BCUT2D eigenvalue weighted by molar-refractivity contribution is 0.685. The average molecular weight is 339 g/mol. The molecule has 1 aliphatic rings. The first-order chi connectivity index (χ1) is 10.8. The van der Waals surface area contributed by atoms with Crippen molar-refractivity contribution in [3.63, 3.8) is 0 Å². The number of aryl methyl sites for hydroxylation is 2. The minimum atomic E-state index is 0.606. The van der Waals surface area contributed by atoms with Gasteiger partial charge >= 0.3 is 0 Å². The van der Waals surface area contributed by atoms with Crippen LogP contribution >= 0.6 is 23.2 Å². The van der Waals surface area contributed by atoms with Gasteiger partial charge in [-0.05, 0) is 48.9 Å². The van der Waals surface area contributed by atoms with Gasteiger partial charge in [-0.3, -0.25) is 0 Å². The molecule has 0 unspecified atom stereocenters. The van der Waals surface area contributed by atoms with Gasteiger partial charge in [0.1, 0.15) is 0 Å². The van der Waals surface area contributed by atoms with Gasteiger partial charge in [-0.2, -0.15) is 0 Å². The molecule has 0 N–H and O–H groups in total. The van der Waals surface area contributed by atoms with Crippen molar-refractivity contribution < 1.29 is 0 Å². The van der Waals surface area contributed by atoms with Crippen molar-refractivity contribution in [3.8, 4) is 0 Å². The van der Waals surface area contributed by atoms with Gasteiger partial charge in [0.25, 0.3) is 0 Å². The van der Waals surface area contributed by atoms with Crippen molar-refractivity contribution in [3.05, 3.63) is 69.7 Å². The van der Waals surface area contributed by atoms with Crippen molar-refractivity contribution in [2.75, 3.05) is 0 Å². The van der Waals surface area contributed by atoms with Gasteiger partial charge in [-0.1, -0.05) is 87.3 Å². The molecule has 0 nitrogen and oxygen atoms in total. The van der Waals surface area contributed by atoms with Gasteiger partial charge in [0.05, 0.1) is 10.0 Å². The highest BCUT2D eigenvalue weighted by molar-refractivity contribution is 6.41. The topological polar surface area (TPSA) is 0 Å². The number of halogens is 2. The standard InChI is InChI=1S/C10H12.C6H4Cl2.2C2H6/c1-2-6-10-8-4-3-7-9(10)5-1;7-5-3-1-2-4-6(5)8;2*1-2/h1-2,5-6H,3-4,7-8H2;1-4H;2*1-2H3. The smallest absolute Gasteiger partial charge is 0.0592 e. The molecule has 0 saturated carbocycles. The molecule has 0 radical (unpaired) electrons. The quantitative estimate of drug-likeness (QED) is 0.463. The first-order valence-corrected chi connectivity index (χ1v) is 9.00. The Morgan fingerprint density at radius 3 is 1.23 bits per heavy atom. The van der Waals surface area contributed by atoms with Crippen LogP contribution in [0.4, 0.5) is 0 Å². The highest BCUT2D eigenvalue weighted by atomic mass is 35.5. The predicted octanol–water partition coefficient (Wildman–Crippen LogP) is 7.61. The van der Waals surface area contributed by atoms with E-state index in [0.717, 1.165) is 0 Å². The third kappa shape index (κ3) is 7.87. The fraction of sp³-hybridized carbons (Fsp3) is 0.400. The van der Waals surface area contributed by atoms with E-state index in [1.54, 1.807) is 23.3 Å². The molecule has 0 fully saturated rings. The van der Waals surface area contributed by atoms with Gasteiger partial charge in [-0.25, -0.2) is 0 Å². The van der Waals surface area contributed by atoms with Crippen LogP contribution in [-0.2, 0) is 12.8 Å². The van der Waals surface area contributed by atoms with E-state index in [0.29, 0.717) is 10.0 Å². The number of fused-ring (bicyclic) bond motifs is 1. The third-order valence-electron chi connectivity index (χ3n) is 3.08. The lowest BCUT2D eigenvalue weighted by Crippen LogP contribution is -2.00. The number of hydrogen-bond donors (Lipinski definition) is 0. The first-order valence-electron chi connectivity index (χ1n) is 8.24. The van der Waals surface area contributed by atoms with Crippen molar-refractivity contribution in [2.24, 2.45) is 0 Å². The predicted molar refractivity (Wildman–Crippen MR) is 102 cm³/mol. The molecule has 0 amide bonds. The zero-order valence-electron chi connectivity index (χ0n) is 14.2. The Kier molecular flexibility index (Phi) is 13.1. The Morgan fingerprint density at radius 2 is 0.909 bits per heavy atom. The highest BCUT2D eigenvalue weighted by Crippen LogP contribution is 2.20. The molecule has 0 saturated heterocycles. The summed E-state index contributed by atoms with van der Waals surface area (Å²) in [5.41, 5.74) is 3.16. The molecule has 0 spiro atoms. The summed E-state index contributed by atoms with van der Waals surface area (Å²) in [6.07, 6.45) is 5.38. The van der Waals surface area contributed by atoms with Gasteiger partial charge in [-0.15, -0.1) is 0 Å². The lowest BCUT2D eigenvalue weighted by Gasteiger charge is -2.13.